The second-order valence-electron chi connectivity index (χ2n) is 5.30. The Morgan fingerprint density at radius 2 is 2.19 bits per heavy atom. The number of aromatic nitrogens is 1. The first-order chi connectivity index (χ1) is 10.1. The molecule has 4 heteroatoms. The highest BCUT2D eigenvalue weighted by Crippen LogP contribution is 2.34. The lowest BCUT2D eigenvalue weighted by atomic mass is 9.90. The van der Waals surface area contributed by atoms with Gasteiger partial charge in [0.25, 0.3) is 0 Å². The van der Waals surface area contributed by atoms with Crippen LogP contribution in [0.25, 0.3) is 0 Å². The molecule has 1 aliphatic rings. The number of halogens is 1. The number of fused-ring (bicyclic) bond motifs is 1. The zero-order valence-electron chi connectivity index (χ0n) is 11.8. The largest absolute Gasteiger partial charge is 0.486 e. The number of pyridine rings is 1. The van der Waals surface area contributed by atoms with Crippen LogP contribution in [0, 0.1) is 0 Å². The van der Waals surface area contributed by atoms with Crippen molar-refractivity contribution in [2.75, 3.05) is 0 Å². The predicted octanol–water partition coefficient (Wildman–Crippen LogP) is 4.04. The van der Waals surface area contributed by atoms with Crippen LogP contribution in [0.2, 0.25) is 0 Å². The number of nitrogens with zero attached hydrogens (tertiary/aromatic N) is 1. The van der Waals surface area contributed by atoms with Crippen LogP contribution in [0.3, 0.4) is 0 Å². The zero-order valence-corrected chi connectivity index (χ0v) is 13.4. The molecular formula is C17H16BrNO2. The van der Waals surface area contributed by atoms with E-state index < -0.39 is 0 Å². The molecule has 0 radical (unpaired) electrons. The molecule has 0 N–H and O–H groups in total. The average Bonchev–Trinajstić information content (AvgIpc) is 2.49. The van der Waals surface area contributed by atoms with E-state index in [0.717, 1.165) is 27.8 Å². The van der Waals surface area contributed by atoms with Crippen LogP contribution in [0.15, 0.2) is 41.1 Å². The van der Waals surface area contributed by atoms with E-state index in [4.69, 9.17) is 4.74 Å². The Morgan fingerprint density at radius 1 is 1.33 bits per heavy atom. The molecular weight excluding hydrogens is 330 g/mol. The molecule has 0 spiro atoms. The van der Waals surface area contributed by atoms with Gasteiger partial charge in [-0.1, -0.05) is 22.0 Å². The summed E-state index contributed by atoms with van der Waals surface area (Å²) in [7, 11) is 0. The first kappa shape index (κ1) is 14.3. The lowest BCUT2D eigenvalue weighted by Crippen LogP contribution is -2.15. The highest BCUT2D eigenvalue weighted by atomic mass is 79.9. The third-order valence-corrected chi connectivity index (χ3v) is 4.23. The van der Waals surface area contributed by atoms with E-state index in [9.17, 15) is 4.79 Å². The van der Waals surface area contributed by atoms with Crippen molar-refractivity contribution >= 4 is 21.7 Å². The van der Waals surface area contributed by atoms with Crippen molar-refractivity contribution in [3.63, 3.8) is 0 Å². The molecule has 2 aromatic rings. The molecule has 0 saturated heterocycles. The normalized spacial score (nSPS) is 15.4. The molecule has 0 fully saturated rings. The third kappa shape index (κ3) is 3.16. The monoisotopic (exact) mass is 345 g/mol. The maximum absolute atomic E-state index is 11.7. The molecule has 0 saturated carbocycles. The summed E-state index contributed by atoms with van der Waals surface area (Å²) >= 11 is 3.53. The summed E-state index contributed by atoms with van der Waals surface area (Å²) in [6.45, 7) is 1.99. The fourth-order valence-corrected chi connectivity index (χ4v) is 3.11. The van der Waals surface area contributed by atoms with Gasteiger partial charge in [0.05, 0.1) is 0 Å². The Bertz CT molecular complexity index is 670. The number of ether oxygens (including phenoxy) is 1. The molecule has 1 heterocycles. The molecule has 1 aromatic carbocycles. The van der Waals surface area contributed by atoms with Crippen LogP contribution in [-0.2, 0) is 17.6 Å². The summed E-state index contributed by atoms with van der Waals surface area (Å²) in [5.74, 6) is 1.08. The number of carbonyl (C=O) groups is 1. The van der Waals surface area contributed by atoms with Gasteiger partial charge in [-0.25, -0.2) is 0 Å². The molecule has 0 bridgehead atoms. The number of hydrogen-bond donors (Lipinski definition) is 0. The van der Waals surface area contributed by atoms with Crippen molar-refractivity contribution < 1.29 is 9.53 Å². The smallest absolute Gasteiger partial charge is 0.137 e. The molecule has 21 heavy (non-hydrogen) atoms. The SMILES string of the molecule is CC(Oc1cc(Br)cc2c1CC(=O)CC2)c1cccnc1. The predicted molar refractivity (Wildman–Crippen MR) is 84.5 cm³/mol. The van der Waals surface area contributed by atoms with E-state index in [1.165, 1.54) is 5.56 Å². The minimum atomic E-state index is -0.103. The average molecular weight is 346 g/mol. The first-order valence-corrected chi connectivity index (χ1v) is 7.82. The molecule has 0 aliphatic heterocycles. The number of ketones is 1. The van der Waals surface area contributed by atoms with Crippen LogP contribution < -0.4 is 4.74 Å². The van der Waals surface area contributed by atoms with Crippen molar-refractivity contribution in [1.82, 2.24) is 4.98 Å². The molecule has 0 amide bonds. The second kappa shape index (κ2) is 5.98. The minimum absolute atomic E-state index is 0.103. The summed E-state index contributed by atoms with van der Waals surface area (Å²) in [5, 5.41) is 0. The van der Waals surface area contributed by atoms with E-state index >= 15 is 0 Å². The molecule has 3 rings (SSSR count). The molecule has 108 valence electrons. The fourth-order valence-electron chi connectivity index (χ4n) is 2.63. The van der Waals surface area contributed by atoms with Crippen molar-refractivity contribution in [3.05, 3.63) is 57.8 Å². The van der Waals surface area contributed by atoms with Gasteiger partial charge < -0.3 is 4.74 Å². The van der Waals surface area contributed by atoms with Crippen LogP contribution >= 0.6 is 15.9 Å². The molecule has 1 aliphatic carbocycles. The van der Waals surface area contributed by atoms with Crippen LogP contribution in [0.4, 0.5) is 0 Å². The second-order valence-corrected chi connectivity index (χ2v) is 6.22. The van der Waals surface area contributed by atoms with E-state index in [2.05, 4.69) is 27.0 Å². The minimum Gasteiger partial charge on any atom is -0.486 e. The first-order valence-electron chi connectivity index (χ1n) is 7.03. The Labute approximate surface area is 132 Å². The Kier molecular flexibility index (Phi) is 4.06. The molecule has 1 atom stereocenters. The van der Waals surface area contributed by atoms with Gasteiger partial charge in [0.15, 0.2) is 0 Å². The summed E-state index contributed by atoms with van der Waals surface area (Å²) in [4.78, 5) is 15.9. The number of rotatable bonds is 3. The number of carbonyl (C=O) groups excluding carboxylic acids is 1. The Morgan fingerprint density at radius 3 is 2.95 bits per heavy atom. The maximum Gasteiger partial charge on any atom is 0.137 e. The van der Waals surface area contributed by atoms with E-state index in [1.807, 2.05) is 25.1 Å². The van der Waals surface area contributed by atoms with Gasteiger partial charge in [0.2, 0.25) is 0 Å². The zero-order chi connectivity index (χ0) is 14.8. The van der Waals surface area contributed by atoms with Gasteiger partial charge >= 0.3 is 0 Å². The highest BCUT2D eigenvalue weighted by molar-refractivity contribution is 9.10. The van der Waals surface area contributed by atoms with Crippen LogP contribution in [-0.4, -0.2) is 10.8 Å². The maximum atomic E-state index is 11.7. The van der Waals surface area contributed by atoms with Gasteiger partial charge in [0, 0.05) is 40.8 Å². The van der Waals surface area contributed by atoms with E-state index in [0.29, 0.717) is 12.8 Å². The van der Waals surface area contributed by atoms with Crippen molar-refractivity contribution in [3.8, 4) is 5.75 Å². The van der Waals surface area contributed by atoms with Crippen molar-refractivity contribution in [1.29, 1.82) is 0 Å². The lowest BCUT2D eigenvalue weighted by molar-refractivity contribution is -0.118. The van der Waals surface area contributed by atoms with Crippen LogP contribution in [0.1, 0.15) is 36.1 Å². The van der Waals surface area contributed by atoms with Gasteiger partial charge in [-0.3, -0.25) is 9.78 Å². The summed E-state index contributed by atoms with van der Waals surface area (Å²) < 4.78 is 7.10. The quantitative estimate of drug-likeness (QED) is 0.842. The van der Waals surface area contributed by atoms with E-state index in [-0.39, 0.29) is 11.9 Å². The number of benzene rings is 1. The molecule has 1 aromatic heterocycles. The van der Waals surface area contributed by atoms with Crippen LogP contribution in [0.5, 0.6) is 5.75 Å². The lowest BCUT2D eigenvalue weighted by Gasteiger charge is -2.22. The number of hydrogen-bond acceptors (Lipinski definition) is 3. The van der Waals surface area contributed by atoms with Gasteiger partial charge in [-0.05, 0) is 37.1 Å². The Hall–Kier alpha value is -1.68. The summed E-state index contributed by atoms with van der Waals surface area (Å²) in [5.41, 5.74) is 3.26. The molecule has 1 unspecified atom stereocenters. The van der Waals surface area contributed by atoms with Crippen molar-refractivity contribution in [2.45, 2.75) is 32.3 Å². The third-order valence-electron chi connectivity index (χ3n) is 3.77. The summed E-state index contributed by atoms with van der Waals surface area (Å²) in [6, 6.07) is 7.93. The topological polar surface area (TPSA) is 39.2 Å². The van der Waals surface area contributed by atoms with Gasteiger partial charge in [-0.2, -0.15) is 0 Å². The van der Waals surface area contributed by atoms with E-state index in [1.54, 1.807) is 12.4 Å². The fraction of sp³-hybridized carbons (Fsp3) is 0.294. The number of aryl methyl sites for hydroxylation is 1. The van der Waals surface area contributed by atoms with Gasteiger partial charge in [-0.15, -0.1) is 0 Å². The summed E-state index contributed by atoms with van der Waals surface area (Å²) in [6.07, 6.45) is 5.34. The highest BCUT2D eigenvalue weighted by Gasteiger charge is 2.21. The van der Waals surface area contributed by atoms with Crippen molar-refractivity contribution in [2.24, 2.45) is 0 Å². The standard InChI is InChI=1S/C17H16BrNO2/c1-11(13-3-2-6-19-10-13)21-17-8-14(18)7-12-4-5-15(20)9-16(12)17/h2-3,6-8,10-11H,4-5,9H2,1H3. The number of Topliss-reactive ketones (excluding diaryl/α,β-unsaturated/α-hetero) is 1. The van der Waals surface area contributed by atoms with Gasteiger partial charge in [0.1, 0.15) is 17.6 Å². The molecule has 3 nitrogen and oxygen atoms in total. The Balaban J connectivity index is 1.92.